The third-order valence-electron chi connectivity index (χ3n) is 2.16. The molecule has 11 heavy (non-hydrogen) atoms. The molecule has 0 aliphatic heterocycles. The summed E-state index contributed by atoms with van der Waals surface area (Å²) in [5.41, 5.74) is 5.49. The standard InChI is InChI=1S/C7H10ClN3/c8-6-4-11(10-7(6)9)5-2-1-3-5/h4-5H,1-3H2,(H2,9,10). The molecular formula is C7H10ClN3. The van der Waals surface area contributed by atoms with Crippen molar-refractivity contribution >= 4 is 17.4 Å². The maximum atomic E-state index is 5.75. The molecular weight excluding hydrogens is 162 g/mol. The quantitative estimate of drug-likeness (QED) is 0.701. The van der Waals surface area contributed by atoms with Crippen molar-refractivity contribution in [2.24, 2.45) is 0 Å². The van der Waals surface area contributed by atoms with Crippen LogP contribution in [0.15, 0.2) is 6.20 Å². The first-order chi connectivity index (χ1) is 5.27. The molecule has 0 amide bonds. The fourth-order valence-corrected chi connectivity index (χ4v) is 1.36. The number of nitrogen functional groups attached to an aromatic ring is 1. The maximum Gasteiger partial charge on any atom is 0.164 e. The predicted molar refractivity (Wildman–Crippen MR) is 44.5 cm³/mol. The Morgan fingerprint density at radius 1 is 1.64 bits per heavy atom. The molecule has 2 rings (SSSR count). The summed E-state index contributed by atoms with van der Waals surface area (Å²) in [4.78, 5) is 0. The van der Waals surface area contributed by atoms with Gasteiger partial charge < -0.3 is 5.73 Å². The van der Waals surface area contributed by atoms with Crippen LogP contribution in [0.5, 0.6) is 0 Å². The molecule has 3 nitrogen and oxygen atoms in total. The molecule has 0 spiro atoms. The second kappa shape index (κ2) is 2.41. The molecule has 0 saturated heterocycles. The van der Waals surface area contributed by atoms with Crippen molar-refractivity contribution in [1.29, 1.82) is 0 Å². The molecule has 0 bridgehead atoms. The third kappa shape index (κ3) is 1.09. The largest absolute Gasteiger partial charge is 0.381 e. The van der Waals surface area contributed by atoms with Gasteiger partial charge >= 0.3 is 0 Å². The van der Waals surface area contributed by atoms with Crippen LogP contribution in [0.4, 0.5) is 5.82 Å². The molecule has 1 aromatic heterocycles. The lowest BCUT2D eigenvalue weighted by Crippen LogP contribution is -2.17. The van der Waals surface area contributed by atoms with Gasteiger partial charge in [-0.1, -0.05) is 11.6 Å². The molecule has 1 saturated carbocycles. The Labute approximate surface area is 70.1 Å². The lowest BCUT2D eigenvalue weighted by atomic mass is 9.93. The highest BCUT2D eigenvalue weighted by Gasteiger charge is 2.20. The van der Waals surface area contributed by atoms with Crippen LogP contribution >= 0.6 is 11.6 Å². The van der Waals surface area contributed by atoms with E-state index in [0.717, 1.165) is 0 Å². The molecule has 1 aliphatic carbocycles. The van der Waals surface area contributed by atoms with Gasteiger partial charge in [0.2, 0.25) is 0 Å². The summed E-state index contributed by atoms with van der Waals surface area (Å²) in [6.07, 6.45) is 5.51. The zero-order chi connectivity index (χ0) is 7.84. The van der Waals surface area contributed by atoms with Crippen molar-refractivity contribution in [3.63, 3.8) is 0 Å². The Kier molecular flexibility index (Phi) is 1.53. The van der Waals surface area contributed by atoms with Gasteiger partial charge in [0.25, 0.3) is 0 Å². The van der Waals surface area contributed by atoms with E-state index in [1.807, 2.05) is 4.68 Å². The van der Waals surface area contributed by atoms with Gasteiger partial charge in [-0.05, 0) is 19.3 Å². The van der Waals surface area contributed by atoms with Crippen LogP contribution in [-0.4, -0.2) is 9.78 Å². The van der Waals surface area contributed by atoms with Gasteiger partial charge in [0.05, 0.1) is 6.04 Å². The van der Waals surface area contributed by atoms with Crippen LogP contribution in [-0.2, 0) is 0 Å². The number of aromatic nitrogens is 2. The van der Waals surface area contributed by atoms with E-state index in [0.29, 0.717) is 16.9 Å². The summed E-state index contributed by atoms with van der Waals surface area (Å²) in [7, 11) is 0. The van der Waals surface area contributed by atoms with Crippen molar-refractivity contribution in [3.8, 4) is 0 Å². The lowest BCUT2D eigenvalue weighted by molar-refractivity contribution is 0.290. The zero-order valence-electron chi connectivity index (χ0n) is 6.13. The summed E-state index contributed by atoms with van der Waals surface area (Å²) in [6.45, 7) is 0. The summed E-state index contributed by atoms with van der Waals surface area (Å²) >= 11 is 5.75. The fraction of sp³-hybridized carbons (Fsp3) is 0.571. The molecule has 2 N–H and O–H groups in total. The van der Waals surface area contributed by atoms with E-state index >= 15 is 0 Å². The Hall–Kier alpha value is -0.700. The smallest absolute Gasteiger partial charge is 0.164 e. The summed E-state index contributed by atoms with van der Waals surface area (Å²) in [5.74, 6) is 0.443. The number of hydrogen-bond donors (Lipinski definition) is 1. The van der Waals surface area contributed by atoms with E-state index in [2.05, 4.69) is 5.10 Å². The monoisotopic (exact) mass is 171 g/mol. The van der Waals surface area contributed by atoms with E-state index in [1.54, 1.807) is 6.20 Å². The number of halogens is 1. The van der Waals surface area contributed by atoms with Gasteiger partial charge in [0.1, 0.15) is 5.02 Å². The molecule has 0 aromatic carbocycles. The van der Waals surface area contributed by atoms with Gasteiger partial charge in [0.15, 0.2) is 5.82 Å². The molecule has 1 aliphatic rings. The van der Waals surface area contributed by atoms with Crippen LogP contribution in [0.25, 0.3) is 0 Å². The number of hydrogen-bond acceptors (Lipinski definition) is 2. The Balaban J connectivity index is 2.24. The van der Waals surface area contributed by atoms with Crippen molar-refractivity contribution in [2.75, 3.05) is 5.73 Å². The molecule has 1 aromatic rings. The number of nitrogens with zero attached hydrogens (tertiary/aromatic N) is 2. The van der Waals surface area contributed by atoms with E-state index in [4.69, 9.17) is 17.3 Å². The second-order valence-corrected chi connectivity index (χ2v) is 3.33. The van der Waals surface area contributed by atoms with Crippen molar-refractivity contribution in [1.82, 2.24) is 9.78 Å². The Morgan fingerprint density at radius 2 is 2.36 bits per heavy atom. The summed E-state index contributed by atoms with van der Waals surface area (Å²) in [5, 5.41) is 4.66. The number of nitrogens with two attached hydrogens (primary N) is 1. The van der Waals surface area contributed by atoms with Crippen LogP contribution in [0.1, 0.15) is 25.3 Å². The van der Waals surface area contributed by atoms with E-state index in [1.165, 1.54) is 19.3 Å². The maximum absolute atomic E-state index is 5.75. The molecule has 1 fully saturated rings. The minimum atomic E-state index is 0.443. The average molecular weight is 172 g/mol. The van der Waals surface area contributed by atoms with Gasteiger partial charge in [-0.15, -0.1) is 0 Å². The van der Waals surface area contributed by atoms with E-state index < -0.39 is 0 Å². The van der Waals surface area contributed by atoms with E-state index in [-0.39, 0.29) is 0 Å². The SMILES string of the molecule is Nc1nn(C2CCC2)cc1Cl. The van der Waals surface area contributed by atoms with Gasteiger partial charge in [-0.25, -0.2) is 0 Å². The average Bonchev–Trinajstić information content (AvgIpc) is 2.08. The first-order valence-electron chi connectivity index (χ1n) is 3.77. The molecule has 0 radical (unpaired) electrons. The van der Waals surface area contributed by atoms with Crippen molar-refractivity contribution in [3.05, 3.63) is 11.2 Å². The zero-order valence-corrected chi connectivity index (χ0v) is 6.88. The first kappa shape index (κ1) is 6.98. The highest BCUT2D eigenvalue weighted by atomic mass is 35.5. The minimum absolute atomic E-state index is 0.443. The van der Waals surface area contributed by atoms with Gasteiger partial charge in [-0.2, -0.15) is 5.10 Å². The predicted octanol–water partition coefficient (Wildman–Crippen LogP) is 1.84. The highest BCUT2D eigenvalue weighted by molar-refractivity contribution is 6.32. The van der Waals surface area contributed by atoms with Crippen molar-refractivity contribution < 1.29 is 0 Å². The van der Waals surface area contributed by atoms with Crippen molar-refractivity contribution in [2.45, 2.75) is 25.3 Å². The van der Waals surface area contributed by atoms with Crippen LogP contribution < -0.4 is 5.73 Å². The van der Waals surface area contributed by atoms with Gasteiger partial charge in [0, 0.05) is 6.20 Å². The van der Waals surface area contributed by atoms with Crippen LogP contribution in [0, 0.1) is 0 Å². The minimum Gasteiger partial charge on any atom is -0.381 e. The lowest BCUT2D eigenvalue weighted by Gasteiger charge is -2.25. The third-order valence-corrected chi connectivity index (χ3v) is 2.45. The Bertz CT molecular complexity index is 245. The Morgan fingerprint density at radius 3 is 2.73 bits per heavy atom. The van der Waals surface area contributed by atoms with Gasteiger partial charge in [-0.3, -0.25) is 4.68 Å². The fourth-order valence-electron chi connectivity index (χ4n) is 1.22. The molecule has 0 unspecified atom stereocenters. The molecule has 4 heteroatoms. The number of rotatable bonds is 1. The van der Waals surface area contributed by atoms with E-state index in [9.17, 15) is 0 Å². The molecule has 0 atom stereocenters. The van der Waals surface area contributed by atoms with Crippen LogP contribution in [0.3, 0.4) is 0 Å². The molecule has 1 heterocycles. The molecule has 60 valence electrons. The topological polar surface area (TPSA) is 43.8 Å². The first-order valence-corrected chi connectivity index (χ1v) is 4.15. The highest BCUT2D eigenvalue weighted by Crippen LogP contribution is 2.32. The second-order valence-electron chi connectivity index (χ2n) is 2.93. The normalized spacial score (nSPS) is 18.3. The summed E-state index contributed by atoms with van der Waals surface area (Å²) in [6, 6.07) is 0.546. The number of anilines is 1. The van der Waals surface area contributed by atoms with Crippen LogP contribution in [0.2, 0.25) is 5.02 Å². The summed E-state index contributed by atoms with van der Waals surface area (Å²) < 4.78 is 1.88.